The maximum atomic E-state index is 12.1. The summed E-state index contributed by atoms with van der Waals surface area (Å²) in [5.74, 6) is 1.22. The fraction of sp³-hybridized carbons (Fsp3) is 0.500. The number of aryl methyl sites for hydroxylation is 2. The molecule has 3 heterocycles. The highest BCUT2D eigenvalue weighted by molar-refractivity contribution is 5.79. The summed E-state index contributed by atoms with van der Waals surface area (Å²) >= 11 is 0. The van der Waals surface area contributed by atoms with Crippen LogP contribution in [0.15, 0.2) is 23.1 Å². The smallest absolute Gasteiger partial charge is 0.224 e. The van der Waals surface area contributed by atoms with Gasteiger partial charge < -0.3 is 19.8 Å². The second-order valence-electron chi connectivity index (χ2n) is 6.22. The Morgan fingerprint density at radius 2 is 2.29 bits per heavy atom. The molecule has 128 valence electrons. The summed E-state index contributed by atoms with van der Waals surface area (Å²) < 4.78 is 5.06. The van der Waals surface area contributed by atoms with Gasteiger partial charge in [0.2, 0.25) is 5.91 Å². The van der Waals surface area contributed by atoms with Crippen LogP contribution in [0.3, 0.4) is 0 Å². The third-order valence-electron chi connectivity index (χ3n) is 4.34. The molecule has 0 spiro atoms. The molecule has 1 atom stereocenters. The number of β-amino-alcohol motifs (C(OH)–C–C–N with tert-alkyl or cyclic N) is 1. The number of nitrogens with zero attached hydrogens (tertiary/aromatic N) is 4. The molecule has 1 saturated heterocycles. The first kappa shape index (κ1) is 16.4. The Hall–Kier alpha value is -2.48. The van der Waals surface area contributed by atoms with Crippen molar-refractivity contribution in [1.29, 1.82) is 0 Å². The molecule has 0 saturated carbocycles. The minimum atomic E-state index is -0.966. The first-order valence-corrected chi connectivity index (χ1v) is 7.89. The van der Waals surface area contributed by atoms with Gasteiger partial charge in [-0.2, -0.15) is 0 Å². The fourth-order valence-corrected chi connectivity index (χ4v) is 2.89. The van der Waals surface area contributed by atoms with Gasteiger partial charge in [-0.1, -0.05) is 5.16 Å². The van der Waals surface area contributed by atoms with Crippen molar-refractivity contribution in [1.82, 2.24) is 20.4 Å². The molecular formula is C16H21N5O3. The third-order valence-corrected chi connectivity index (χ3v) is 4.34. The zero-order valence-electron chi connectivity index (χ0n) is 13.8. The van der Waals surface area contributed by atoms with E-state index in [-0.39, 0.29) is 18.9 Å². The molecule has 8 nitrogen and oxygen atoms in total. The molecule has 0 radical (unpaired) electrons. The Kier molecular flexibility index (Phi) is 4.48. The summed E-state index contributed by atoms with van der Waals surface area (Å²) in [6.07, 6.45) is 5.67. The molecule has 0 aliphatic carbocycles. The van der Waals surface area contributed by atoms with Crippen LogP contribution in [0.5, 0.6) is 0 Å². The topological polar surface area (TPSA) is 104 Å². The number of aromatic nitrogens is 3. The Bertz CT molecular complexity index is 698. The van der Waals surface area contributed by atoms with Crippen molar-refractivity contribution in [3.63, 3.8) is 0 Å². The Labute approximate surface area is 139 Å². The van der Waals surface area contributed by atoms with E-state index < -0.39 is 5.60 Å². The fourth-order valence-electron chi connectivity index (χ4n) is 2.89. The molecule has 24 heavy (non-hydrogen) atoms. The van der Waals surface area contributed by atoms with E-state index in [9.17, 15) is 9.90 Å². The van der Waals surface area contributed by atoms with E-state index in [4.69, 9.17) is 4.52 Å². The van der Waals surface area contributed by atoms with E-state index in [2.05, 4.69) is 20.4 Å². The number of carbonyl (C=O) groups is 1. The lowest BCUT2D eigenvalue weighted by molar-refractivity contribution is -0.121. The van der Waals surface area contributed by atoms with Crippen LogP contribution < -0.4 is 10.2 Å². The molecule has 1 fully saturated rings. The van der Waals surface area contributed by atoms with Crippen LogP contribution in [0.25, 0.3) is 0 Å². The lowest BCUT2D eigenvalue weighted by Gasteiger charge is -2.24. The summed E-state index contributed by atoms with van der Waals surface area (Å²) in [6, 6.07) is 0. The molecule has 0 bridgehead atoms. The first-order chi connectivity index (χ1) is 11.5. The molecule has 0 unspecified atom stereocenters. The highest BCUT2D eigenvalue weighted by atomic mass is 16.5. The molecule has 0 aromatic carbocycles. The van der Waals surface area contributed by atoms with Crippen molar-refractivity contribution in [3.8, 4) is 0 Å². The van der Waals surface area contributed by atoms with Crippen LogP contribution in [0.4, 0.5) is 5.82 Å². The summed E-state index contributed by atoms with van der Waals surface area (Å²) in [6.45, 7) is 4.88. The zero-order valence-corrected chi connectivity index (χ0v) is 13.8. The van der Waals surface area contributed by atoms with Gasteiger partial charge in [-0.15, -0.1) is 0 Å². The van der Waals surface area contributed by atoms with Crippen molar-refractivity contribution in [2.75, 3.05) is 24.5 Å². The highest BCUT2D eigenvalue weighted by Gasteiger charge is 2.37. The largest absolute Gasteiger partial charge is 0.386 e. The molecule has 3 rings (SSSR count). The Balaban J connectivity index is 1.54. The monoisotopic (exact) mass is 331 g/mol. The molecule has 2 aromatic heterocycles. The van der Waals surface area contributed by atoms with E-state index in [0.29, 0.717) is 25.3 Å². The SMILES string of the molecule is Cc1noc(C)c1CC(=O)NC[C@]1(O)CCN(c2cnccn2)C1. The number of hydrogen-bond donors (Lipinski definition) is 2. The van der Waals surface area contributed by atoms with Gasteiger partial charge in [-0.25, -0.2) is 4.98 Å². The van der Waals surface area contributed by atoms with Gasteiger partial charge in [-0.05, 0) is 20.3 Å². The third kappa shape index (κ3) is 3.53. The van der Waals surface area contributed by atoms with Crippen molar-refractivity contribution in [3.05, 3.63) is 35.6 Å². The second kappa shape index (κ2) is 6.56. The van der Waals surface area contributed by atoms with Crippen molar-refractivity contribution in [2.45, 2.75) is 32.3 Å². The van der Waals surface area contributed by atoms with E-state index in [1.807, 2.05) is 11.8 Å². The predicted molar refractivity (Wildman–Crippen MR) is 86.5 cm³/mol. The molecule has 2 aromatic rings. The molecule has 1 aliphatic rings. The second-order valence-corrected chi connectivity index (χ2v) is 6.22. The first-order valence-electron chi connectivity index (χ1n) is 7.89. The summed E-state index contributed by atoms with van der Waals surface area (Å²) in [5, 5.41) is 17.3. The van der Waals surface area contributed by atoms with Gasteiger partial charge in [0.1, 0.15) is 17.2 Å². The zero-order chi connectivity index (χ0) is 17.2. The van der Waals surface area contributed by atoms with Gasteiger partial charge in [0.15, 0.2) is 0 Å². The summed E-state index contributed by atoms with van der Waals surface area (Å²) in [5.41, 5.74) is 0.550. The number of aliphatic hydroxyl groups is 1. The summed E-state index contributed by atoms with van der Waals surface area (Å²) in [4.78, 5) is 22.4. The number of hydrogen-bond acceptors (Lipinski definition) is 7. The number of rotatable bonds is 5. The highest BCUT2D eigenvalue weighted by Crippen LogP contribution is 2.24. The maximum Gasteiger partial charge on any atom is 0.224 e. The number of nitrogens with one attached hydrogen (secondary N) is 1. The van der Waals surface area contributed by atoms with Crippen molar-refractivity contribution in [2.24, 2.45) is 0 Å². The average Bonchev–Trinajstić information content (AvgIpc) is 3.12. The molecule has 1 aliphatic heterocycles. The maximum absolute atomic E-state index is 12.1. The van der Waals surface area contributed by atoms with Gasteiger partial charge in [0, 0.05) is 37.6 Å². The number of amides is 1. The van der Waals surface area contributed by atoms with E-state index in [0.717, 1.165) is 17.1 Å². The standard InChI is InChI=1S/C16H21N5O3/c1-11-13(12(2)24-20-11)7-15(22)19-9-16(23)3-6-21(10-16)14-8-17-4-5-18-14/h4-5,8,23H,3,6-7,9-10H2,1-2H3,(H,19,22)/t16-/m1/s1. The van der Waals surface area contributed by atoms with Crippen LogP contribution in [0, 0.1) is 13.8 Å². The van der Waals surface area contributed by atoms with E-state index >= 15 is 0 Å². The van der Waals surface area contributed by atoms with Gasteiger partial charge in [0.25, 0.3) is 0 Å². The Morgan fingerprint density at radius 3 is 2.96 bits per heavy atom. The van der Waals surface area contributed by atoms with E-state index in [1.165, 1.54) is 0 Å². The lowest BCUT2D eigenvalue weighted by atomic mass is 10.0. The van der Waals surface area contributed by atoms with Gasteiger partial charge in [-0.3, -0.25) is 9.78 Å². The van der Waals surface area contributed by atoms with Crippen LogP contribution in [-0.4, -0.2) is 51.4 Å². The van der Waals surface area contributed by atoms with E-state index in [1.54, 1.807) is 25.5 Å². The van der Waals surface area contributed by atoms with Crippen LogP contribution in [0.2, 0.25) is 0 Å². The van der Waals surface area contributed by atoms with Crippen LogP contribution in [-0.2, 0) is 11.2 Å². The lowest BCUT2D eigenvalue weighted by Crippen LogP contribution is -2.45. The van der Waals surface area contributed by atoms with Gasteiger partial charge in [0.05, 0.1) is 18.3 Å². The minimum Gasteiger partial charge on any atom is -0.386 e. The van der Waals surface area contributed by atoms with Crippen LogP contribution in [0.1, 0.15) is 23.4 Å². The van der Waals surface area contributed by atoms with Crippen molar-refractivity contribution >= 4 is 11.7 Å². The van der Waals surface area contributed by atoms with Crippen LogP contribution >= 0.6 is 0 Å². The Morgan fingerprint density at radius 1 is 1.46 bits per heavy atom. The average molecular weight is 331 g/mol. The normalized spacial score (nSPS) is 20.4. The van der Waals surface area contributed by atoms with Crippen molar-refractivity contribution < 1.29 is 14.4 Å². The number of carbonyl (C=O) groups excluding carboxylic acids is 1. The minimum absolute atomic E-state index is 0.157. The predicted octanol–water partition coefficient (Wildman–Crippen LogP) is 0.382. The molecule has 2 N–H and O–H groups in total. The molecular weight excluding hydrogens is 310 g/mol. The molecule has 1 amide bonds. The molecule has 8 heteroatoms. The number of anilines is 1. The summed E-state index contributed by atoms with van der Waals surface area (Å²) in [7, 11) is 0. The van der Waals surface area contributed by atoms with Gasteiger partial charge >= 0.3 is 0 Å². The quantitative estimate of drug-likeness (QED) is 0.816.